The van der Waals surface area contributed by atoms with Gasteiger partial charge in [-0.05, 0) is 24.0 Å². The predicted molar refractivity (Wildman–Crippen MR) is 101 cm³/mol. The number of aryl methyl sites for hydroxylation is 1. The molecule has 0 aliphatic heterocycles. The molecule has 0 radical (unpaired) electrons. The van der Waals surface area contributed by atoms with E-state index in [2.05, 4.69) is 40.7 Å². The number of nitrogens with zero attached hydrogens (tertiary/aromatic N) is 2. The maximum atomic E-state index is 11.5. The summed E-state index contributed by atoms with van der Waals surface area (Å²) < 4.78 is 24.5. The molecule has 0 atom stereocenters. The van der Waals surface area contributed by atoms with Gasteiger partial charge in [0.1, 0.15) is 0 Å². The highest BCUT2D eigenvalue weighted by atomic mass is 32.2. The van der Waals surface area contributed by atoms with Gasteiger partial charge in [-0.15, -0.1) is 0 Å². The van der Waals surface area contributed by atoms with Crippen LogP contribution in [0.1, 0.15) is 31.4 Å². The van der Waals surface area contributed by atoms with Crippen molar-refractivity contribution in [3.05, 3.63) is 35.4 Å². The Morgan fingerprint density at radius 3 is 2.38 bits per heavy atom. The maximum Gasteiger partial charge on any atom is 0.211 e. The summed E-state index contributed by atoms with van der Waals surface area (Å²) >= 11 is 0. The minimum absolute atomic E-state index is 0.500. The zero-order chi connectivity index (χ0) is 18.0. The van der Waals surface area contributed by atoms with Crippen LogP contribution in [0.5, 0.6) is 0 Å². The lowest BCUT2D eigenvalue weighted by Gasteiger charge is -2.18. The molecule has 0 aliphatic carbocycles. The summed E-state index contributed by atoms with van der Waals surface area (Å²) in [4.78, 5) is 4.21. The first-order valence-electron chi connectivity index (χ1n) is 8.38. The Morgan fingerprint density at radius 1 is 1.17 bits per heavy atom. The van der Waals surface area contributed by atoms with Gasteiger partial charge in [-0.2, -0.15) is 0 Å². The SMILES string of the molecule is CCc1ccccc1CNC(=NC)NCCCN(CC)S(C)(=O)=O. The van der Waals surface area contributed by atoms with Gasteiger partial charge in [0.25, 0.3) is 0 Å². The predicted octanol–water partition coefficient (Wildman–Crippen LogP) is 1.59. The Bertz CT molecular complexity index is 629. The molecular formula is C17H30N4O2S. The van der Waals surface area contributed by atoms with Crippen LogP contribution >= 0.6 is 0 Å². The molecule has 1 aromatic carbocycles. The van der Waals surface area contributed by atoms with Crippen LogP contribution in [0.2, 0.25) is 0 Å². The second kappa shape index (κ2) is 10.3. The molecule has 0 aromatic heterocycles. The highest BCUT2D eigenvalue weighted by Gasteiger charge is 2.13. The van der Waals surface area contributed by atoms with Crippen LogP contribution in [0.3, 0.4) is 0 Å². The molecule has 0 heterocycles. The third kappa shape index (κ3) is 6.88. The number of guanidine groups is 1. The van der Waals surface area contributed by atoms with Crippen LogP contribution in [0, 0.1) is 0 Å². The average molecular weight is 355 g/mol. The topological polar surface area (TPSA) is 73.8 Å². The van der Waals surface area contributed by atoms with E-state index < -0.39 is 10.0 Å². The molecule has 0 saturated carbocycles. The van der Waals surface area contributed by atoms with Gasteiger partial charge in [-0.1, -0.05) is 38.1 Å². The fourth-order valence-corrected chi connectivity index (χ4v) is 3.42. The molecule has 0 bridgehead atoms. The summed E-state index contributed by atoms with van der Waals surface area (Å²) in [5, 5.41) is 6.53. The quantitative estimate of drug-likeness (QED) is 0.401. The molecule has 6 nitrogen and oxygen atoms in total. The number of aliphatic imine (C=N–C) groups is 1. The zero-order valence-electron chi connectivity index (χ0n) is 15.2. The molecule has 0 amide bonds. The van der Waals surface area contributed by atoms with E-state index >= 15 is 0 Å². The Balaban J connectivity index is 2.41. The van der Waals surface area contributed by atoms with Gasteiger partial charge in [0.2, 0.25) is 10.0 Å². The second-order valence-corrected chi connectivity index (χ2v) is 7.57. The fraction of sp³-hybridized carbons (Fsp3) is 0.588. The summed E-state index contributed by atoms with van der Waals surface area (Å²) in [6.07, 6.45) is 2.98. The Labute approximate surface area is 146 Å². The highest BCUT2D eigenvalue weighted by Crippen LogP contribution is 2.08. The minimum atomic E-state index is -3.12. The van der Waals surface area contributed by atoms with Crippen LogP contribution in [0.4, 0.5) is 0 Å². The van der Waals surface area contributed by atoms with E-state index in [-0.39, 0.29) is 0 Å². The van der Waals surface area contributed by atoms with Gasteiger partial charge >= 0.3 is 0 Å². The molecule has 0 fully saturated rings. The molecule has 0 unspecified atom stereocenters. The lowest BCUT2D eigenvalue weighted by atomic mass is 10.1. The Hall–Kier alpha value is -1.60. The van der Waals surface area contributed by atoms with Crippen molar-refractivity contribution in [2.24, 2.45) is 4.99 Å². The van der Waals surface area contributed by atoms with Crippen LogP contribution in [0.15, 0.2) is 29.3 Å². The molecule has 1 rings (SSSR count). The number of hydrogen-bond donors (Lipinski definition) is 2. The van der Waals surface area contributed by atoms with E-state index in [9.17, 15) is 8.42 Å². The first-order valence-corrected chi connectivity index (χ1v) is 10.2. The summed E-state index contributed by atoms with van der Waals surface area (Å²) in [6.45, 7) is 6.39. The van der Waals surface area contributed by atoms with E-state index in [0.29, 0.717) is 26.2 Å². The third-order valence-electron chi connectivity index (χ3n) is 3.87. The summed E-state index contributed by atoms with van der Waals surface area (Å²) in [5.41, 5.74) is 2.59. The standard InChI is InChI=1S/C17H30N4O2S/c1-5-15-10-7-8-11-16(15)14-20-17(18-3)19-12-9-13-21(6-2)24(4,22)23/h7-8,10-11H,5-6,9,12-14H2,1-4H3,(H2,18,19,20). The number of benzene rings is 1. The molecule has 1 aromatic rings. The van der Waals surface area contributed by atoms with Crippen molar-refractivity contribution >= 4 is 16.0 Å². The van der Waals surface area contributed by atoms with Crippen molar-refractivity contribution in [2.75, 3.05) is 32.9 Å². The van der Waals surface area contributed by atoms with Crippen LogP contribution < -0.4 is 10.6 Å². The van der Waals surface area contributed by atoms with Gasteiger partial charge in [0, 0.05) is 33.2 Å². The van der Waals surface area contributed by atoms with Crippen LogP contribution in [0.25, 0.3) is 0 Å². The van der Waals surface area contributed by atoms with Crippen molar-refractivity contribution in [1.82, 2.24) is 14.9 Å². The van der Waals surface area contributed by atoms with E-state index in [1.54, 1.807) is 7.05 Å². The highest BCUT2D eigenvalue weighted by molar-refractivity contribution is 7.88. The van der Waals surface area contributed by atoms with Gasteiger partial charge in [0.15, 0.2) is 5.96 Å². The summed E-state index contributed by atoms with van der Waals surface area (Å²) in [6, 6.07) is 8.34. The lowest BCUT2D eigenvalue weighted by Crippen LogP contribution is -2.39. The molecule has 0 aliphatic rings. The van der Waals surface area contributed by atoms with Crippen molar-refractivity contribution in [1.29, 1.82) is 0 Å². The van der Waals surface area contributed by atoms with Crippen molar-refractivity contribution in [3.8, 4) is 0 Å². The summed E-state index contributed by atoms with van der Waals surface area (Å²) in [5.74, 6) is 0.725. The first-order chi connectivity index (χ1) is 11.4. The monoisotopic (exact) mass is 354 g/mol. The number of rotatable bonds is 9. The van der Waals surface area contributed by atoms with Crippen LogP contribution in [-0.4, -0.2) is 51.6 Å². The lowest BCUT2D eigenvalue weighted by molar-refractivity contribution is 0.424. The van der Waals surface area contributed by atoms with Gasteiger partial charge in [0.05, 0.1) is 6.26 Å². The molecule has 0 saturated heterocycles. The third-order valence-corrected chi connectivity index (χ3v) is 5.25. The van der Waals surface area contributed by atoms with Gasteiger partial charge in [-0.25, -0.2) is 12.7 Å². The summed E-state index contributed by atoms with van der Waals surface area (Å²) in [7, 11) is -1.38. The van der Waals surface area contributed by atoms with Crippen LogP contribution in [-0.2, 0) is 23.0 Å². The van der Waals surface area contributed by atoms with Gasteiger partial charge < -0.3 is 10.6 Å². The maximum absolute atomic E-state index is 11.5. The van der Waals surface area contributed by atoms with E-state index in [1.165, 1.54) is 21.7 Å². The molecule has 0 spiro atoms. The zero-order valence-corrected chi connectivity index (χ0v) is 16.0. The fourth-order valence-electron chi connectivity index (χ4n) is 2.50. The first kappa shape index (κ1) is 20.4. The molecule has 2 N–H and O–H groups in total. The Morgan fingerprint density at radius 2 is 1.83 bits per heavy atom. The molecule has 136 valence electrons. The minimum Gasteiger partial charge on any atom is -0.356 e. The normalized spacial score (nSPS) is 12.5. The molecule has 7 heteroatoms. The van der Waals surface area contributed by atoms with Crippen molar-refractivity contribution in [3.63, 3.8) is 0 Å². The number of hydrogen-bond acceptors (Lipinski definition) is 3. The van der Waals surface area contributed by atoms with E-state index in [1.807, 2.05) is 13.0 Å². The second-order valence-electron chi connectivity index (χ2n) is 5.58. The average Bonchev–Trinajstić information content (AvgIpc) is 2.56. The van der Waals surface area contributed by atoms with Crippen molar-refractivity contribution in [2.45, 2.75) is 33.2 Å². The van der Waals surface area contributed by atoms with E-state index in [0.717, 1.165) is 18.8 Å². The van der Waals surface area contributed by atoms with Gasteiger partial charge in [-0.3, -0.25) is 4.99 Å². The smallest absolute Gasteiger partial charge is 0.211 e. The molecular weight excluding hydrogens is 324 g/mol. The molecule has 24 heavy (non-hydrogen) atoms. The number of sulfonamides is 1. The Kier molecular flexibility index (Phi) is 8.78. The largest absolute Gasteiger partial charge is 0.356 e. The van der Waals surface area contributed by atoms with Crippen molar-refractivity contribution < 1.29 is 8.42 Å². The van der Waals surface area contributed by atoms with E-state index in [4.69, 9.17) is 0 Å². The number of nitrogens with one attached hydrogen (secondary N) is 2.